The van der Waals surface area contributed by atoms with Gasteiger partial charge in [-0.05, 0) is 50.1 Å². The van der Waals surface area contributed by atoms with Gasteiger partial charge >= 0.3 is 0 Å². The number of ketones is 1. The van der Waals surface area contributed by atoms with Crippen molar-refractivity contribution >= 4 is 50.8 Å². The predicted octanol–water partition coefficient (Wildman–Crippen LogP) is 6.76. The number of nitrogens with one attached hydrogen (secondary N) is 3. The lowest BCUT2D eigenvalue weighted by Gasteiger charge is -2.11. The first-order valence-electron chi connectivity index (χ1n) is 13.3. The third kappa shape index (κ3) is 4.57. The van der Waals surface area contributed by atoms with Gasteiger partial charge in [0.25, 0.3) is 0 Å². The van der Waals surface area contributed by atoms with Gasteiger partial charge < -0.3 is 10.3 Å². The molecule has 5 aromatic heterocycles. The van der Waals surface area contributed by atoms with E-state index in [0.29, 0.717) is 55.3 Å². The van der Waals surface area contributed by atoms with E-state index in [1.807, 2.05) is 18.2 Å². The third-order valence-corrected chi connectivity index (χ3v) is 8.75. The van der Waals surface area contributed by atoms with E-state index in [1.165, 1.54) is 17.4 Å². The molecule has 7 rings (SSSR count). The van der Waals surface area contributed by atoms with Gasteiger partial charge in [0.1, 0.15) is 11.5 Å². The molecule has 0 aliphatic heterocycles. The van der Waals surface area contributed by atoms with Crippen LogP contribution in [0.1, 0.15) is 42.3 Å². The van der Waals surface area contributed by atoms with E-state index in [9.17, 15) is 9.59 Å². The van der Waals surface area contributed by atoms with Crippen LogP contribution in [0.25, 0.3) is 55.2 Å². The first-order chi connectivity index (χ1) is 19.9. The summed E-state index contributed by atoms with van der Waals surface area (Å²) in [4.78, 5) is 42.7. The molecule has 0 atom stereocenters. The van der Waals surface area contributed by atoms with Gasteiger partial charge in [0.15, 0.2) is 17.3 Å². The number of imidazole rings is 1. The summed E-state index contributed by atoms with van der Waals surface area (Å²) in [5, 5.41) is 10.9. The number of amides is 1. The van der Waals surface area contributed by atoms with Crippen molar-refractivity contribution in [1.82, 2.24) is 30.1 Å². The minimum atomic E-state index is -0.443. The Hall–Kier alpha value is -4.77. The fraction of sp³-hybridized carbons (Fsp3) is 0.200. The Kier molecular flexibility index (Phi) is 6.15. The number of rotatable bonds is 6. The van der Waals surface area contributed by atoms with Gasteiger partial charge in [-0.25, -0.2) is 14.4 Å². The Labute approximate surface area is 237 Å². The largest absolute Gasteiger partial charge is 0.335 e. The smallest absolute Gasteiger partial charge is 0.227 e. The zero-order valence-electron chi connectivity index (χ0n) is 22.0. The molecule has 1 aromatic carbocycles. The highest BCUT2D eigenvalue weighted by Crippen LogP contribution is 2.36. The van der Waals surface area contributed by atoms with Gasteiger partial charge in [-0.15, -0.1) is 11.3 Å². The molecule has 0 spiro atoms. The molecule has 0 bridgehead atoms. The lowest BCUT2D eigenvalue weighted by Crippen LogP contribution is -2.20. The van der Waals surface area contributed by atoms with Gasteiger partial charge in [-0.2, -0.15) is 5.10 Å². The standard InChI is InChI=1S/C30H24FN7O2S/c1-15(39)24-6-7-25(41-24)19-8-9-33-28-26(19)35-29(36-28)27-21-11-20(22(31)12-23(21)37-38-27)17-10-18(14-32-13-17)34-30(40)16-4-2-3-5-16/h6-14,16H,2-5H2,1H3,(H,34,40)(H,37,38)(H,33,35,36). The van der Waals surface area contributed by atoms with Crippen molar-refractivity contribution in [3.63, 3.8) is 0 Å². The number of thiophene rings is 1. The number of hydrogen-bond donors (Lipinski definition) is 3. The highest BCUT2D eigenvalue weighted by molar-refractivity contribution is 7.17. The van der Waals surface area contributed by atoms with Crippen LogP contribution >= 0.6 is 11.3 Å². The zero-order chi connectivity index (χ0) is 28.1. The first-order valence-corrected chi connectivity index (χ1v) is 14.2. The fourth-order valence-electron chi connectivity index (χ4n) is 5.43. The molecular weight excluding hydrogens is 541 g/mol. The molecule has 5 heterocycles. The number of aromatic nitrogens is 6. The predicted molar refractivity (Wildman–Crippen MR) is 156 cm³/mol. The molecule has 11 heteroatoms. The number of carbonyl (C=O) groups excluding carboxylic acids is 2. The molecule has 204 valence electrons. The number of benzene rings is 1. The van der Waals surface area contributed by atoms with Crippen LogP contribution in [-0.4, -0.2) is 41.8 Å². The van der Waals surface area contributed by atoms with E-state index in [-0.39, 0.29) is 17.6 Å². The van der Waals surface area contributed by atoms with Gasteiger partial charge in [0, 0.05) is 51.3 Å². The summed E-state index contributed by atoms with van der Waals surface area (Å²) < 4.78 is 15.3. The Morgan fingerprint density at radius 2 is 1.93 bits per heavy atom. The molecule has 1 saturated carbocycles. The van der Waals surface area contributed by atoms with Gasteiger partial charge in [0.2, 0.25) is 5.91 Å². The maximum atomic E-state index is 15.3. The number of aromatic amines is 2. The van der Waals surface area contributed by atoms with Crippen LogP contribution in [0.5, 0.6) is 0 Å². The van der Waals surface area contributed by atoms with Gasteiger partial charge in [-0.3, -0.25) is 19.7 Å². The summed E-state index contributed by atoms with van der Waals surface area (Å²) in [7, 11) is 0. The third-order valence-electron chi connectivity index (χ3n) is 7.53. The molecule has 6 aromatic rings. The minimum absolute atomic E-state index is 0.00930. The molecule has 0 radical (unpaired) electrons. The summed E-state index contributed by atoms with van der Waals surface area (Å²) in [5.74, 6) is 0.0337. The molecule has 1 aliphatic rings. The fourth-order valence-corrected chi connectivity index (χ4v) is 6.36. The van der Waals surface area contributed by atoms with Crippen molar-refractivity contribution in [2.45, 2.75) is 32.6 Å². The summed E-state index contributed by atoms with van der Waals surface area (Å²) in [6.45, 7) is 1.55. The molecule has 3 N–H and O–H groups in total. The highest BCUT2D eigenvalue weighted by atomic mass is 32.1. The molecule has 9 nitrogen and oxygen atoms in total. The number of halogens is 1. The van der Waals surface area contributed by atoms with E-state index in [0.717, 1.165) is 36.1 Å². The normalized spacial score (nSPS) is 13.8. The van der Waals surface area contributed by atoms with Crippen LogP contribution in [0.3, 0.4) is 0 Å². The van der Waals surface area contributed by atoms with Crippen LogP contribution in [0.15, 0.2) is 55.0 Å². The van der Waals surface area contributed by atoms with Crippen molar-refractivity contribution < 1.29 is 14.0 Å². The molecular formula is C30H24FN7O2S. The molecule has 0 saturated heterocycles. The number of fused-ring (bicyclic) bond motifs is 2. The number of Topliss-reactive ketones (excluding diaryl/α,β-unsaturated/α-hetero) is 1. The molecule has 1 amide bonds. The number of H-pyrrole nitrogens is 2. The van der Waals surface area contributed by atoms with Gasteiger partial charge in [-0.1, -0.05) is 12.8 Å². The van der Waals surface area contributed by atoms with Crippen molar-refractivity contribution in [2.75, 3.05) is 5.32 Å². The second kappa shape index (κ2) is 10.0. The second-order valence-corrected chi connectivity index (χ2v) is 11.3. The van der Waals surface area contributed by atoms with Crippen LogP contribution in [0.2, 0.25) is 0 Å². The maximum Gasteiger partial charge on any atom is 0.227 e. The maximum absolute atomic E-state index is 15.3. The summed E-state index contributed by atoms with van der Waals surface area (Å²) in [6.07, 6.45) is 8.72. The summed E-state index contributed by atoms with van der Waals surface area (Å²) >= 11 is 1.41. The molecule has 41 heavy (non-hydrogen) atoms. The molecule has 0 unspecified atom stereocenters. The zero-order valence-corrected chi connectivity index (χ0v) is 22.8. The average Bonchev–Trinajstić information content (AvgIpc) is 3.77. The van der Waals surface area contributed by atoms with Crippen LogP contribution in [-0.2, 0) is 4.79 Å². The number of hydrogen-bond acceptors (Lipinski definition) is 7. The Balaban J connectivity index is 1.26. The topological polar surface area (TPSA) is 129 Å². The number of anilines is 1. The van der Waals surface area contributed by atoms with Crippen molar-refractivity contribution in [1.29, 1.82) is 0 Å². The first kappa shape index (κ1) is 25.2. The van der Waals surface area contributed by atoms with E-state index >= 15 is 4.39 Å². The van der Waals surface area contributed by atoms with Crippen molar-refractivity contribution in [3.8, 4) is 33.1 Å². The van der Waals surface area contributed by atoms with Gasteiger partial charge in [0.05, 0.1) is 27.8 Å². The summed E-state index contributed by atoms with van der Waals surface area (Å²) in [5.41, 5.74) is 4.51. The number of nitrogens with zero attached hydrogens (tertiary/aromatic N) is 4. The monoisotopic (exact) mass is 565 g/mol. The Morgan fingerprint density at radius 1 is 1.07 bits per heavy atom. The Morgan fingerprint density at radius 3 is 2.73 bits per heavy atom. The van der Waals surface area contributed by atoms with E-state index in [1.54, 1.807) is 37.6 Å². The van der Waals surface area contributed by atoms with Crippen molar-refractivity contribution in [3.05, 3.63) is 65.7 Å². The quantitative estimate of drug-likeness (QED) is 0.191. The minimum Gasteiger partial charge on any atom is -0.335 e. The van der Waals surface area contributed by atoms with E-state index in [2.05, 4.69) is 35.5 Å². The highest BCUT2D eigenvalue weighted by Gasteiger charge is 2.23. The van der Waals surface area contributed by atoms with Crippen LogP contribution < -0.4 is 5.32 Å². The average molecular weight is 566 g/mol. The lowest BCUT2D eigenvalue weighted by atomic mass is 10.0. The SMILES string of the molecule is CC(=O)c1ccc(-c2ccnc3nc(-c4n[nH]c5cc(F)c(-c6cncc(NC(=O)C7CCCC7)c6)cc45)[nH]c23)s1. The molecule has 1 fully saturated rings. The lowest BCUT2D eigenvalue weighted by molar-refractivity contribution is -0.119. The number of pyridine rings is 2. The van der Waals surface area contributed by atoms with E-state index < -0.39 is 5.82 Å². The van der Waals surface area contributed by atoms with Crippen molar-refractivity contribution in [2.24, 2.45) is 5.92 Å². The summed E-state index contributed by atoms with van der Waals surface area (Å²) in [6, 6.07) is 10.4. The van der Waals surface area contributed by atoms with E-state index in [4.69, 9.17) is 0 Å². The van der Waals surface area contributed by atoms with Crippen LogP contribution in [0, 0.1) is 11.7 Å². The Bertz CT molecular complexity index is 1970. The molecule has 1 aliphatic carbocycles. The number of carbonyl (C=O) groups is 2. The second-order valence-electron chi connectivity index (χ2n) is 10.2. The van der Waals surface area contributed by atoms with Crippen LogP contribution in [0.4, 0.5) is 10.1 Å².